The van der Waals surface area contributed by atoms with Crippen LogP contribution in [0, 0.1) is 0 Å². The summed E-state index contributed by atoms with van der Waals surface area (Å²) in [4.78, 5) is 24.1. The average Bonchev–Trinajstić information content (AvgIpc) is 3.27. The molecule has 3 rings (SSSR count). The van der Waals surface area contributed by atoms with Gasteiger partial charge in [0.25, 0.3) is 0 Å². The van der Waals surface area contributed by atoms with E-state index in [4.69, 9.17) is 21.1 Å². The molecule has 8 heteroatoms. The van der Waals surface area contributed by atoms with Crippen molar-refractivity contribution in [2.75, 3.05) is 35.7 Å². The molecule has 0 bridgehead atoms. The molecule has 1 aliphatic heterocycles. The van der Waals surface area contributed by atoms with Gasteiger partial charge in [-0.3, -0.25) is 9.59 Å². The molecule has 1 atom stereocenters. The molecular weight excluding hydrogens is 418 g/mol. The lowest BCUT2D eigenvalue weighted by Crippen LogP contribution is -2.22. The normalized spacial score (nSPS) is 15.4. The number of carbonyl (C=O) groups is 2. The summed E-state index contributed by atoms with van der Waals surface area (Å²) in [5.74, 6) is 0.460. The van der Waals surface area contributed by atoms with Gasteiger partial charge in [-0.05, 0) is 61.7 Å². The van der Waals surface area contributed by atoms with E-state index in [2.05, 4.69) is 16.0 Å². The number of ether oxygens (including phenoxy) is 2. The Hall–Kier alpha value is -2.77. The Labute approximate surface area is 187 Å². The van der Waals surface area contributed by atoms with Crippen LogP contribution < -0.4 is 20.7 Å². The van der Waals surface area contributed by atoms with E-state index < -0.39 is 0 Å². The van der Waals surface area contributed by atoms with Gasteiger partial charge in [0.2, 0.25) is 11.8 Å². The second-order valence-electron chi connectivity index (χ2n) is 7.36. The van der Waals surface area contributed by atoms with Crippen LogP contribution in [0.2, 0.25) is 5.02 Å². The van der Waals surface area contributed by atoms with Crippen molar-refractivity contribution >= 4 is 40.5 Å². The van der Waals surface area contributed by atoms with E-state index in [1.54, 1.807) is 30.3 Å². The maximum Gasteiger partial charge on any atom is 0.243 e. The maximum atomic E-state index is 12.3. The quantitative estimate of drug-likeness (QED) is 0.493. The van der Waals surface area contributed by atoms with E-state index in [1.165, 1.54) is 0 Å². The molecule has 0 saturated carbocycles. The molecule has 2 aromatic rings. The van der Waals surface area contributed by atoms with Crippen molar-refractivity contribution in [2.24, 2.45) is 0 Å². The van der Waals surface area contributed by atoms with E-state index in [1.807, 2.05) is 19.1 Å². The highest BCUT2D eigenvalue weighted by Gasteiger charge is 2.16. The number of benzene rings is 2. The van der Waals surface area contributed by atoms with Crippen LogP contribution in [0.1, 0.15) is 32.6 Å². The van der Waals surface area contributed by atoms with Crippen molar-refractivity contribution in [1.29, 1.82) is 0 Å². The van der Waals surface area contributed by atoms with Crippen LogP contribution in [-0.2, 0) is 14.3 Å². The zero-order valence-corrected chi connectivity index (χ0v) is 18.3. The number of amides is 2. The van der Waals surface area contributed by atoms with Crippen LogP contribution in [0.15, 0.2) is 42.5 Å². The SMILES string of the molecule is CCCC(=O)Nc1ccc(Cl)c(NCC(=O)Nc2ccc(OCC3CCCO3)cc2)c1. The minimum absolute atomic E-state index is 0.0311. The first-order valence-corrected chi connectivity index (χ1v) is 10.9. The summed E-state index contributed by atoms with van der Waals surface area (Å²) < 4.78 is 11.3. The molecule has 0 aromatic heterocycles. The largest absolute Gasteiger partial charge is 0.491 e. The van der Waals surface area contributed by atoms with E-state index in [0.29, 0.717) is 35.1 Å². The molecule has 31 heavy (non-hydrogen) atoms. The van der Waals surface area contributed by atoms with Gasteiger partial charge in [0.1, 0.15) is 12.4 Å². The van der Waals surface area contributed by atoms with E-state index in [9.17, 15) is 9.59 Å². The summed E-state index contributed by atoms with van der Waals surface area (Å²) in [6.07, 6.45) is 3.49. The summed E-state index contributed by atoms with van der Waals surface area (Å²) in [7, 11) is 0. The van der Waals surface area contributed by atoms with Crippen molar-refractivity contribution in [3.05, 3.63) is 47.5 Å². The fourth-order valence-corrected chi connectivity index (χ4v) is 3.35. The van der Waals surface area contributed by atoms with E-state index in [-0.39, 0.29) is 24.5 Å². The standard InChI is InChI=1S/C23H28ClN3O4/c1-2-4-22(28)27-17-8-11-20(24)21(13-17)25-14-23(29)26-16-6-9-18(10-7-16)31-15-19-5-3-12-30-19/h6-11,13,19,25H,2-5,12,14-15H2,1H3,(H,26,29)(H,27,28). The predicted octanol–water partition coefficient (Wildman–Crippen LogP) is 4.69. The first-order chi connectivity index (χ1) is 15.0. The predicted molar refractivity (Wildman–Crippen MR) is 123 cm³/mol. The topological polar surface area (TPSA) is 88.7 Å². The minimum Gasteiger partial charge on any atom is -0.491 e. The van der Waals surface area contributed by atoms with Gasteiger partial charge < -0.3 is 25.4 Å². The van der Waals surface area contributed by atoms with Gasteiger partial charge in [0, 0.05) is 24.4 Å². The first kappa shape index (κ1) is 22.9. The van der Waals surface area contributed by atoms with Crippen molar-refractivity contribution < 1.29 is 19.1 Å². The third kappa shape index (κ3) is 7.45. The van der Waals surface area contributed by atoms with Crippen LogP contribution in [0.4, 0.5) is 17.1 Å². The monoisotopic (exact) mass is 445 g/mol. The lowest BCUT2D eigenvalue weighted by atomic mass is 10.2. The van der Waals surface area contributed by atoms with Gasteiger partial charge in [-0.25, -0.2) is 0 Å². The molecule has 166 valence electrons. The number of anilines is 3. The summed E-state index contributed by atoms with van der Waals surface area (Å²) in [5, 5.41) is 9.11. The van der Waals surface area contributed by atoms with Gasteiger partial charge in [-0.1, -0.05) is 18.5 Å². The Balaban J connectivity index is 1.46. The van der Waals surface area contributed by atoms with Crippen molar-refractivity contribution in [3.63, 3.8) is 0 Å². The number of halogens is 1. The molecule has 1 aliphatic rings. The molecule has 1 saturated heterocycles. The Morgan fingerprint density at radius 2 is 1.84 bits per heavy atom. The fraction of sp³-hybridized carbons (Fsp3) is 0.391. The van der Waals surface area contributed by atoms with E-state index >= 15 is 0 Å². The Morgan fingerprint density at radius 3 is 2.55 bits per heavy atom. The summed E-state index contributed by atoms with van der Waals surface area (Å²) in [5.41, 5.74) is 1.87. The molecule has 0 radical (unpaired) electrons. The van der Waals surface area contributed by atoms with Gasteiger partial charge in [-0.15, -0.1) is 0 Å². The Bertz CT molecular complexity index is 883. The smallest absolute Gasteiger partial charge is 0.243 e. The molecule has 1 heterocycles. The molecule has 0 spiro atoms. The first-order valence-electron chi connectivity index (χ1n) is 10.5. The van der Waals surface area contributed by atoms with E-state index in [0.717, 1.165) is 31.6 Å². The molecule has 0 aliphatic carbocycles. The Kier molecular flexibility index (Phi) is 8.55. The van der Waals surface area contributed by atoms with Gasteiger partial charge >= 0.3 is 0 Å². The third-order valence-electron chi connectivity index (χ3n) is 4.76. The maximum absolute atomic E-state index is 12.3. The molecule has 1 unspecified atom stereocenters. The third-order valence-corrected chi connectivity index (χ3v) is 5.09. The van der Waals surface area contributed by atoms with Crippen molar-refractivity contribution in [2.45, 2.75) is 38.7 Å². The minimum atomic E-state index is -0.218. The van der Waals surface area contributed by atoms with Gasteiger partial charge in [-0.2, -0.15) is 0 Å². The van der Waals surface area contributed by atoms with Crippen molar-refractivity contribution in [1.82, 2.24) is 0 Å². The van der Waals surface area contributed by atoms with Crippen LogP contribution in [-0.4, -0.2) is 37.7 Å². The second-order valence-corrected chi connectivity index (χ2v) is 7.77. The Morgan fingerprint density at radius 1 is 1.10 bits per heavy atom. The number of nitrogens with one attached hydrogen (secondary N) is 3. The van der Waals surface area contributed by atoms with Crippen molar-refractivity contribution in [3.8, 4) is 5.75 Å². The highest BCUT2D eigenvalue weighted by atomic mass is 35.5. The highest BCUT2D eigenvalue weighted by Crippen LogP contribution is 2.25. The number of carbonyl (C=O) groups excluding carboxylic acids is 2. The van der Waals surface area contributed by atoms with Gasteiger partial charge in [0.15, 0.2) is 0 Å². The molecule has 2 aromatic carbocycles. The summed E-state index contributed by atoms with van der Waals surface area (Å²) >= 11 is 6.20. The molecule has 7 nitrogen and oxygen atoms in total. The fourth-order valence-electron chi connectivity index (χ4n) is 3.17. The van der Waals surface area contributed by atoms with Crippen LogP contribution in [0.5, 0.6) is 5.75 Å². The lowest BCUT2D eigenvalue weighted by molar-refractivity contribution is -0.116. The van der Waals surface area contributed by atoms with Crippen LogP contribution >= 0.6 is 11.6 Å². The van der Waals surface area contributed by atoms with Crippen LogP contribution in [0.25, 0.3) is 0 Å². The molecule has 3 N–H and O–H groups in total. The zero-order chi connectivity index (χ0) is 22.1. The number of hydrogen-bond donors (Lipinski definition) is 3. The second kappa shape index (κ2) is 11.6. The summed E-state index contributed by atoms with van der Waals surface area (Å²) in [6, 6.07) is 12.3. The average molecular weight is 446 g/mol. The highest BCUT2D eigenvalue weighted by molar-refractivity contribution is 6.33. The van der Waals surface area contributed by atoms with Gasteiger partial charge in [0.05, 0.1) is 23.4 Å². The molecule has 1 fully saturated rings. The molecule has 2 amide bonds. The number of hydrogen-bond acceptors (Lipinski definition) is 5. The lowest BCUT2D eigenvalue weighted by Gasteiger charge is -2.13. The number of rotatable bonds is 10. The van der Waals surface area contributed by atoms with Crippen LogP contribution in [0.3, 0.4) is 0 Å². The zero-order valence-electron chi connectivity index (χ0n) is 17.6. The summed E-state index contributed by atoms with van der Waals surface area (Å²) in [6.45, 7) is 3.31. The molecular formula is C23H28ClN3O4.